The molecule has 1 fully saturated rings. The van der Waals surface area contributed by atoms with Gasteiger partial charge in [-0.15, -0.1) is 0 Å². The quantitative estimate of drug-likeness (QED) is 0.531. The maximum absolute atomic E-state index is 13.7. The molecule has 30 heavy (non-hydrogen) atoms. The van der Waals surface area contributed by atoms with Crippen molar-refractivity contribution in [1.29, 1.82) is 0 Å². The number of ether oxygens (including phenoxy) is 1. The van der Waals surface area contributed by atoms with Crippen molar-refractivity contribution in [3.05, 3.63) is 42.0 Å². The molecule has 2 aliphatic rings. The fraction of sp³-hybridized carbons (Fsp3) is 0.583. The maximum atomic E-state index is 13.7. The summed E-state index contributed by atoms with van der Waals surface area (Å²) >= 11 is 3.36. The van der Waals surface area contributed by atoms with Crippen molar-refractivity contribution < 1.29 is 14.3 Å². The van der Waals surface area contributed by atoms with Crippen LogP contribution < -0.4 is 0 Å². The lowest BCUT2D eigenvalue weighted by Crippen LogP contribution is -2.51. The van der Waals surface area contributed by atoms with Crippen LogP contribution in [0.25, 0.3) is 4.91 Å². The average molecular weight is 448 g/mol. The van der Waals surface area contributed by atoms with Crippen molar-refractivity contribution in [1.82, 2.24) is 4.90 Å². The van der Waals surface area contributed by atoms with Crippen molar-refractivity contribution in [2.24, 2.45) is 17.8 Å². The van der Waals surface area contributed by atoms with Crippen LogP contribution in [0.1, 0.15) is 45.1 Å². The molecule has 4 nitrogen and oxygen atoms in total. The molecular formula is C24H33NO3S2. The summed E-state index contributed by atoms with van der Waals surface area (Å²) < 4.78 is 5.14. The third kappa shape index (κ3) is 5.25. The molecule has 1 aromatic carbocycles. The summed E-state index contributed by atoms with van der Waals surface area (Å²) in [5, 5.41) is -0.262. The van der Waals surface area contributed by atoms with Gasteiger partial charge in [-0.05, 0) is 50.3 Å². The molecule has 6 heteroatoms. The molecule has 0 saturated heterocycles. The Morgan fingerprint density at radius 3 is 2.47 bits per heavy atom. The van der Waals surface area contributed by atoms with Crippen LogP contribution in [0.15, 0.2) is 36.4 Å². The van der Waals surface area contributed by atoms with Crippen LogP contribution in [0.3, 0.4) is 0 Å². The number of esters is 1. The number of rotatable bonds is 7. The summed E-state index contributed by atoms with van der Waals surface area (Å²) in [7, 11) is 1.43. The Balaban J connectivity index is 1.90. The van der Waals surface area contributed by atoms with Gasteiger partial charge in [0.2, 0.25) is 5.91 Å². The predicted molar refractivity (Wildman–Crippen MR) is 127 cm³/mol. The molecule has 1 aliphatic heterocycles. The predicted octanol–water partition coefficient (Wildman–Crippen LogP) is 5.30. The third-order valence-corrected chi connectivity index (χ3v) is 8.40. The van der Waals surface area contributed by atoms with Gasteiger partial charge in [0.1, 0.15) is 5.92 Å². The highest BCUT2D eigenvalue weighted by Crippen LogP contribution is 2.46. The number of amides is 1. The topological polar surface area (TPSA) is 46.6 Å². The van der Waals surface area contributed by atoms with Crippen molar-refractivity contribution in [3.8, 4) is 0 Å². The lowest BCUT2D eigenvalue weighted by molar-refractivity contribution is -0.147. The van der Waals surface area contributed by atoms with E-state index in [1.165, 1.54) is 7.11 Å². The van der Waals surface area contributed by atoms with E-state index in [0.717, 1.165) is 41.9 Å². The standard InChI is InChI=1S/C24H33NO3S2/c1-16-10-12-19(13-11-16)22(26)25(17(2)15-29-4)23-20(24(27)28-3)14-21(30-23)18-8-6-5-7-9-18/h5-9,14,16-17,19-20,23H,10-13,15H2,1-4H3. The molecule has 3 rings (SSSR count). The van der Waals surface area contributed by atoms with Gasteiger partial charge >= 0.3 is 5.97 Å². The summed E-state index contributed by atoms with van der Waals surface area (Å²) in [5.41, 5.74) is 1.08. The van der Waals surface area contributed by atoms with Crippen LogP contribution in [-0.4, -0.2) is 47.3 Å². The molecule has 0 N–H and O–H groups in total. The number of thioether (sulfide) groups is 2. The van der Waals surface area contributed by atoms with E-state index in [4.69, 9.17) is 4.74 Å². The van der Waals surface area contributed by atoms with Crippen LogP contribution in [-0.2, 0) is 14.3 Å². The lowest BCUT2D eigenvalue weighted by atomic mass is 9.82. The van der Waals surface area contributed by atoms with E-state index in [9.17, 15) is 9.59 Å². The molecule has 1 saturated carbocycles. The Morgan fingerprint density at radius 1 is 1.20 bits per heavy atom. The smallest absolute Gasteiger partial charge is 0.315 e. The number of methoxy groups -OCH3 is 1. The number of carbonyl (C=O) groups is 2. The van der Waals surface area contributed by atoms with Crippen LogP contribution in [0.4, 0.5) is 0 Å². The minimum atomic E-state index is -0.453. The van der Waals surface area contributed by atoms with Crippen molar-refractivity contribution >= 4 is 40.3 Å². The van der Waals surface area contributed by atoms with Gasteiger partial charge in [0, 0.05) is 22.6 Å². The minimum absolute atomic E-state index is 0.0556. The monoisotopic (exact) mass is 447 g/mol. The van der Waals surface area contributed by atoms with Crippen LogP contribution >= 0.6 is 23.5 Å². The highest BCUT2D eigenvalue weighted by atomic mass is 32.2. The highest BCUT2D eigenvalue weighted by Gasteiger charge is 2.44. The first kappa shape index (κ1) is 23.3. The van der Waals surface area contributed by atoms with E-state index in [1.807, 2.05) is 29.2 Å². The normalized spacial score (nSPS) is 27.3. The number of nitrogens with zero attached hydrogens (tertiary/aromatic N) is 1. The Kier molecular flexibility index (Phi) is 8.35. The van der Waals surface area contributed by atoms with E-state index < -0.39 is 5.92 Å². The molecule has 0 radical (unpaired) electrons. The Hall–Kier alpha value is -1.40. The van der Waals surface area contributed by atoms with Gasteiger partial charge < -0.3 is 9.64 Å². The number of carbonyl (C=O) groups excluding carboxylic acids is 2. The molecule has 1 heterocycles. The van der Waals surface area contributed by atoms with E-state index >= 15 is 0 Å². The van der Waals surface area contributed by atoms with E-state index in [2.05, 4.69) is 32.2 Å². The summed E-state index contributed by atoms with van der Waals surface area (Å²) in [6.45, 7) is 4.38. The zero-order chi connectivity index (χ0) is 21.7. The second-order valence-corrected chi connectivity index (χ2v) is 10.5. The van der Waals surface area contributed by atoms with E-state index in [1.54, 1.807) is 23.5 Å². The Morgan fingerprint density at radius 2 is 1.87 bits per heavy atom. The van der Waals surface area contributed by atoms with Crippen LogP contribution in [0.5, 0.6) is 0 Å². The number of hydrogen-bond donors (Lipinski definition) is 0. The van der Waals surface area contributed by atoms with Crippen molar-refractivity contribution in [3.63, 3.8) is 0 Å². The highest BCUT2D eigenvalue weighted by molar-refractivity contribution is 8.09. The Bertz CT molecular complexity index is 759. The first-order chi connectivity index (χ1) is 14.5. The third-order valence-electron chi connectivity index (χ3n) is 6.19. The van der Waals surface area contributed by atoms with Gasteiger partial charge in [-0.3, -0.25) is 9.59 Å². The van der Waals surface area contributed by atoms with E-state index in [0.29, 0.717) is 5.92 Å². The van der Waals surface area contributed by atoms with Crippen LogP contribution in [0.2, 0.25) is 0 Å². The first-order valence-electron chi connectivity index (χ1n) is 10.8. The molecule has 1 amide bonds. The van der Waals surface area contributed by atoms with E-state index in [-0.39, 0.29) is 29.2 Å². The van der Waals surface area contributed by atoms with Crippen molar-refractivity contribution in [2.75, 3.05) is 19.1 Å². The van der Waals surface area contributed by atoms with Gasteiger partial charge in [-0.1, -0.05) is 55.1 Å². The minimum Gasteiger partial charge on any atom is -0.468 e. The summed E-state index contributed by atoms with van der Waals surface area (Å²) in [6, 6.07) is 10.1. The molecule has 1 aromatic rings. The number of hydrogen-bond acceptors (Lipinski definition) is 5. The fourth-order valence-electron chi connectivity index (χ4n) is 4.44. The zero-order valence-electron chi connectivity index (χ0n) is 18.4. The SMILES string of the molecule is COC(=O)C1C=C(c2ccccc2)SC1N(C(=O)C1CCC(C)CC1)C(C)CSC. The Labute approximate surface area is 189 Å². The van der Waals surface area contributed by atoms with Gasteiger partial charge in [-0.2, -0.15) is 11.8 Å². The lowest BCUT2D eigenvalue weighted by Gasteiger charge is -2.39. The fourth-order valence-corrected chi connectivity index (χ4v) is 6.60. The van der Waals surface area contributed by atoms with Crippen molar-refractivity contribution in [2.45, 2.75) is 50.9 Å². The molecule has 0 spiro atoms. The second kappa shape index (κ2) is 10.8. The first-order valence-corrected chi connectivity index (χ1v) is 13.1. The van der Waals surface area contributed by atoms with Gasteiger partial charge in [-0.25, -0.2) is 0 Å². The molecule has 0 aromatic heterocycles. The summed E-state index contributed by atoms with van der Waals surface area (Å²) in [6.07, 6.45) is 8.16. The molecule has 0 bridgehead atoms. The van der Waals surface area contributed by atoms with Gasteiger partial charge in [0.05, 0.1) is 12.5 Å². The zero-order valence-corrected chi connectivity index (χ0v) is 20.0. The maximum Gasteiger partial charge on any atom is 0.315 e. The summed E-state index contributed by atoms with van der Waals surface area (Å²) in [4.78, 5) is 29.5. The molecule has 3 atom stereocenters. The second-order valence-electron chi connectivity index (χ2n) is 8.46. The largest absolute Gasteiger partial charge is 0.468 e. The average Bonchev–Trinajstić information content (AvgIpc) is 3.19. The molecule has 164 valence electrons. The van der Waals surface area contributed by atoms with Gasteiger partial charge in [0.15, 0.2) is 0 Å². The van der Waals surface area contributed by atoms with Gasteiger partial charge in [0.25, 0.3) is 0 Å². The number of benzene rings is 1. The molecular weight excluding hydrogens is 414 g/mol. The summed E-state index contributed by atoms with van der Waals surface area (Å²) in [5.74, 6) is 1.08. The molecule has 1 aliphatic carbocycles. The van der Waals surface area contributed by atoms with Crippen LogP contribution in [0, 0.1) is 17.8 Å². The molecule has 3 unspecified atom stereocenters.